The number of thiophene rings is 1. The van der Waals surface area contributed by atoms with Gasteiger partial charge in [-0.3, -0.25) is 0 Å². The van der Waals surface area contributed by atoms with E-state index < -0.39 is 0 Å². The largest absolute Gasteiger partial charge is 0.423 e. The van der Waals surface area contributed by atoms with Crippen molar-refractivity contribution in [3.8, 4) is 11.1 Å². The van der Waals surface area contributed by atoms with E-state index in [9.17, 15) is 4.79 Å². The third-order valence-corrected chi connectivity index (χ3v) is 3.72. The third kappa shape index (κ3) is 1.94. The molecule has 0 saturated heterocycles. The molecule has 0 aliphatic carbocycles. The van der Waals surface area contributed by atoms with Crippen molar-refractivity contribution in [2.24, 2.45) is 0 Å². The van der Waals surface area contributed by atoms with E-state index in [1.807, 2.05) is 35.0 Å². The van der Waals surface area contributed by atoms with Gasteiger partial charge in [0, 0.05) is 21.5 Å². The van der Waals surface area contributed by atoms with Crippen molar-refractivity contribution in [1.82, 2.24) is 0 Å². The van der Waals surface area contributed by atoms with Gasteiger partial charge in [-0.2, -0.15) is 11.3 Å². The maximum atomic E-state index is 11.5. The van der Waals surface area contributed by atoms with Gasteiger partial charge in [-0.15, -0.1) is 0 Å². The van der Waals surface area contributed by atoms with Crippen molar-refractivity contribution in [3.05, 3.63) is 56.0 Å². The van der Waals surface area contributed by atoms with Gasteiger partial charge in [0.15, 0.2) is 0 Å². The summed E-state index contributed by atoms with van der Waals surface area (Å²) in [6.07, 6.45) is 0. The molecule has 0 aliphatic rings. The van der Waals surface area contributed by atoms with E-state index in [-0.39, 0.29) is 5.63 Å². The Kier molecular flexibility index (Phi) is 2.61. The first kappa shape index (κ1) is 10.7. The molecule has 3 aromatic rings. The predicted octanol–water partition coefficient (Wildman–Crippen LogP) is 4.28. The molecule has 0 fully saturated rings. The number of rotatable bonds is 1. The first-order valence-corrected chi connectivity index (χ1v) is 6.73. The number of hydrogen-bond donors (Lipinski definition) is 0. The summed E-state index contributed by atoms with van der Waals surface area (Å²) in [7, 11) is 0. The maximum absolute atomic E-state index is 11.5. The maximum Gasteiger partial charge on any atom is 0.336 e. The number of halogens is 1. The minimum atomic E-state index is -0.322. The molecule has 0 spiro atoms. The van der Waals surface area contributed by atoms with Crippen LogP contribution in [0.4, 0.5) is 0 Å². The van der Waals surface area contributed by atoms with Crippen LogP contribution in [0.1, 0.15) is 0 Å². The molecule has 2 nitrogen and oxygen atoms in total. The van der Waals surface area contributed by atoms with Crippen molar-refractivity contribution in [3.63, 3.8) is 0 Å². The molecule has 0 atom stereocenters. The minimum absolute atomic E-state index is 0.322. The van der Waals surface area contributed by atoms with E-state index in [1.54, 1.807) is 11.3 Å². The molecule has 0 radical (unpaired) electrons. The van der Waals surface area contributed by atoms with Gasteiger partial charge in [0.1, 0.15) is 5.58 Å². The minimum Gasteiger partial charge on any atom is -0.423 e. The molecule has 0 aliphatic heterocycles. The standard InChI is InChI=1S/C13H7BrO2S/c14-9-1-2-10-11(8-3-4-17-7-8)6-13(15)16-12(10)5-9/h1-7H. The highest BCUT2D eigenvalue weighted by molar-refractivity contribution is 9.10. The van der Waals surface area contributed by atoms with Gasteiger partial charge in [-0.25, -0.2) is 4.79 Å². The molecule has 0 N–H and O–H groups in total. The highest BCUT2D eigenvalue weighted by Gasteiger charge is 2.08. The lowest BCUT2D eigenvalue weighted by Gasteiger charge is -2.03. The van der Waals surface area contributed by atoms with E-state index in [0.29, 0.717) is 5.58 Å². The lowest BCUT2D eigenvalue weighted by molar-refractivity contribution is 0.561. The Bertz CT molecular complexity index is 729. The molecule has 1 aromatic carbocycles. The molecule has 0 bridgehead atoms. The first-order valence-electron chi connectivity index (χ1n) is 5.00. The van der Waals surface area contributed by atoms with Crippen LogP contribution in [0.5, 0.6) is 0 Å². The molecule has 0 amide bonds. The lowest BCUT2D eigenvalue weighted by Crippen LogP contribution is -1.97. The van der Waals surface area contributed by atoms with Crippen LogP contribution < -0.4 is 5.63 Å². The van der Waals surface area contributed by atoms with E-state index in [2.05, 4.69) is 15.9 Å². The number of fused-ring (bicyclic) bond motifs is 1. The summed E-state index contributed by atoms with van der Waals surface area (Å²) in [6.45, 7) is 0. The summed E-state index contributed by atoms with van der Waals surface area (Å²) in [5.74, 6) is 0. The molecular formula is C13H7BrO2S. The summed E-state index contributed by atoms with van der Waals surface area (Å²) in [5.41, 5.74) is 2.25. The van der Waals surface area contributed by atoms with E-state index in [4.69, 9.17) is 4.42 Å². The third-order valence-electron chi connectivity index (χ3n) is 2.54. The molecule has 2 heterocycles. The van der Waals surface area contributed by atoms with Crippen LogP contribution in [0.25, 0.3) is 22.1 Å². The Hall–Kier alpha value is -1.39. The Morgan fingerprint density at radius 3 is 2.82 bits per heavy atom. The predicted molar refractivity (Wildman–Crippen MR) is 73.5 cm³/mol. The number of benzene rings is 1. The molecule has 2 aromatic heterocycles. The second kappa shape index (κ2) is 4.13. The Morgan fingerprint density at radius 2 is 2.06 bits per heavy atom. The second-order valence-corrected chi connectivity index (χ2v) is 5.33. The number of hydrogen-bond acceptors (Lipinski definition) is 3. The van der Waals surface area contributed by atoms with Crippen LogP contribution in [-0.4, -0.2) is 0 Å². The smallest absolute Gasteiger partial charge is 0.336 e. The fourth-order valence-corrected chi connectivity index (χ4v) is 2.79. The van der Waals surface area contributed by atoms with Gasteiger partial charge in [0.05, 0.1) is 0 Å². The van der Waals surface area contributed by atoms with Crippen molar-refractivity contribution >= 4 is 38.2 Å². The van der Waals surface area contributed by atoms with Crippen LogP contribution in [0.3, 0.4) is 0 Å². The second-order valence-electron chi connectivity index (χ2n) is 3.63. The zero-order valence-electron chi connectivity index (χ0n) is 8.64. The topological polar surface area (TPSA) is 30.2 Å². The van der Waals surface area contributed by atoms with E-state index >= 15 is 0 Å². The molecule has 4 heteroatoms. The Morgan fingerprint density at radius 1 is 1.18 bits per heavy atom. The summed E-state index contributed by atoms with van der Waals surface area (Å²) in [4.78, 5) is 11.5. The average Bonchev–Trinajstić information content (AvgIpc) is 2.80. The average molecular weight is 307 g/mol. The lowest BCUT2D eigenvalue weighted by atomic mass is 10.1. The fourth-order valence-electron chi connectivity index (χ4n) is 1.79. The molecule has 0 unspecified atom stereocenters. The van der Waals surface area contributed by atoms with Gasteiger partial charge >= 0.3 is 5.63 Å². The van der Waals surface area contributed by atoms with Crippen LogP contribution in [-0.2, 0) is 0 Å². The molecule has 84 valence electrons. The van der Waals surface area contributed by atoms with E-state index in [1.165, 1.54) is 6.07 Å². The molecule has 3 rings (SSSR count). The fraction of sp³-hybridized carbons (Fsp3) is 0. The van der Waals surface area contributed by atoms with Gasteiger partial charge in [0.2, 0.25) is 0 Å². The monoisotopic (exact) mass is 306 g/mol. The zero-order chi connectivity index (χ0) is 11.8. The van der Waals surface area contributed by atoms with Gasteiger partial charge in [-0.1, -0.05) is 15.9 Å². The van der Waals surface area contributed by atoms with Crippen LogP contribution in [0, 0.1) is 0 Å². The quantitative estimate of drug-likeness (QED) is 0.628. The van der Waals surface area contributed by atoms with Crippen molar-refractivity contribution in [1.29, 1.82) is 0 Å². The SMILES string of the molecule is O=c1cc(-c2ccsc2)c2ccc(Br)cc2o1. The molecule has 0 saturated carbocycles. The van der Waals surface area contributed by atoms with Gasteiger partial charge < -0.3 is 4.42 Å². The summed E-state index contributed by atoms with van der Waals surface area (Å²) in [5, 5.41) is 4.97. The van der Waals surface area contributed by atoms with Gasteiger partial charge in [0.25, 0.3) is 0 Å². The zero-order valence-corrected chi connectivity index (χ0v) is 11.0. The highest BCUT2D eigenvalue weighted by Crippen LogP contribution is 2.30. The summed E-state index contributed by atoms with van der Waals surface area (Å²) in [6, 6.07) is 9.25. The highest BCUT2D eigenvalue weighted by atomic mass is 79.9. The van der Waals surface area contributed by atoms with Crippen molar-refractivity contribution < 1.29 is 4.42 Å². The first-order chi connectivity index (χ1) is 8.24. The Balaban J connectivity index is 2.42. The van der Waals surface area contributed by atoms with Crippen LogP contribution in [0.15, 0.2) is 54.8 Å². The van der Waals surface area contributed by atoms with E-state index in [0.717, 1.165) is 21.0 Å². The van der Waals surface area contributed by atoms with Crippen molar-refractivity contribution in [2.45, 2.75) is 0 Å². The Labute approximate surface area is 110 Å². The molecule has 17 heavy (non-hydrogen) atoms. The molecular weight excluding hydrogens is 300 g/mol. The summed E-state index contributed by atoms with van der Waals surface area (Å²) >= 11 is 4.98. The van der Waals surface area contributed by atoms with Crippen molar-refractivity contribution in [2.75, 3.05) is 0 Å². The van der Waals surface area contributed by atoms with Gasteiger partial charge in [-0.05, 0) is 40.6 Å². The normalized spacial score (nSPS) is 10.9. The van der Waals surface area contributed by atoms with Crippen LogP contribution in [0.2, 0.25) is 0 Å². The summed E-state index contributed by atoms with van der Waals surface area (Å²) < 4.78 is 6.10. The van der Waals surface area contributed by atoms with Crippen LogP contribution >= 0.6 is 27.3 Å².